The van der Waals surface area contributed by atoms with Gasteiger partial charge in [0.15, 0.2) is 5.75 Å². The van der Waals surface area contributed by atoms with Crippen molar-refractivity contribution in [3.63, 3.8) is 0 Å². The molecule has 86 valence electrons. The maximum Gasteiger partial charge on any atom is 0.344 e. The number of methoxy groups -OCH3 is 1. The SMILES string of the molecule is COC(=O)c1c(F)cc(Cl)c2c1OCCN2. The summed E-state index contributed by atoms with van der Waals surface area (Å²) in [6.07, 6.45) is 0. The number of rotatable bonds is 1. The number of hydrogen-bond donors (Lipinski definition) is 1. The van der Waals surface area contributed by atoms with Gasteiger partial charge >= 0.3 is 5.97 Å². The largest absolute Gasteiger partial charge is 0.488 e. The molecule has 1 aliphatic heterocycles. The van der Waals surface area contributed by atoms with Crippen molar-refractivity contribution in [2.75, 3.05) is 25.6 Å². The molecule has 6 heteroatoms. The van der Waals surface area contributed by atoms with E-state index in [4.69, 9.17) is 16.3 Å². The Hall–Kier alpha value is -1.49. The van der Waals surface area contributed by atoms with E-state index in [2.05, 4.69) is 10.1 Å². The van der Waals surface area contributed by atoms with Crippen molar-refractivity contribution in [2.45, 2.75) is 0 Å². The van der Waals surface area contributed by atoms with Gasteiger partial charge in [0.25, 0.3) is 0 Å². The Morgan fingerprint density at radius 2 is 2.44 bits per heavy atom. The molecule has 1 aromatic carbocycles. The summed E-state index contributed by atoms with van der Waals surface area (Å²) < 4.78 is 23.3. The molecule has 1 N–H and O–H groups in total. The summed E-state index contributed by atoms with van der Waals surface area (Å²) in [6.45, 7) is 0.899. The van der Waals surface area contributed by atoms with E-state index in [1.165, 1.54) is 7.11 Å². The highest BCUT2D eigenvalue weighted by Gasteiger charge is 2.26. The van der Waals surface area contributed by atoms with Crippen molar-refractivity contribution in [3.8, 4) is 5.75 Å². The van der Waals surface area contributed by atoms with Crippen LogP contribution in [0.25, 0.3) is 0 Å². The third-order valence-electron chi connectivity index (χ3n) is 2.22. The summed E-state index contributed by atoms with van der Waals surface area (Å²) in [5.74, 6) is -1.42. The zero-order valence-electron chi connectivity index (χ0n) is 8.47. The summed E-state index contributed by atoms with van der Waals surface area (Å²) in [5, 5.41) is 3.13. The van der Waals surface area contributed by atoms with Crippen LogP contribution in [0.3, 0.4) is 0 Å². The van der Waals surface area contributed by atoms with Crippen LogP contribution in [0, 0.1) is 5.82 Å². The Morgan fingerprint density at radius 1 is 1.69 bits per heavy atom. The van der Waals surface area contributed by atoms with E-state index in [-0.39, 0.29) is 16.3 Å². The number of nitrogens with one attached hydrogen (secondary N) is 1. The number of halogens is 2. The highest BCUT2D eigenvalue weighted by molar-refractivity contribution is 6.34. The molecule has 0 bridgehead atoms. The third-order valence-corrected chi connectivity index (χ3v) is 2.52. The topological polar surface area (TPSA) is 47.6 Å². The number of esters is 1. The normalized spacial score (nSPS) is 13.4. The van der Waals surface area contributed by atoms with Crippen LogP contribution >= 0.6 is 11.6 Å². The van der Waals surface area contributed by atoms with Crippen LogP contribution in [-0.4, -0.2) is 26.2 Å². The molecule has 2 rings (SSSR count). The maximum absolute atomic E-state index is 13.6. The highest BCUT2D eigenvalue weighted by atomic mass is 35.5. The van der Waals surface area contributed by atoms with E-state index in [9.17, 15) is 9.18 Å². The molecule has 0 atom stereocenters. The average molecular weight is 246 g/mol. The predicted molar refractivity (Wildman–Crippen MR) is 56.7 cm³/mol. The molecule has 0 saturated heterocycles. The second-order valence-electron chi connectivity index (χ2n) is 3.19. The smallest absolute Gasteiger partial charge is 0.344 e. The van der Waals surface area contributed by atoms with Gasteiger partial charge in [-0.2, -0.15) is 0 Å². The fourth-order valence-corrected chi connectivity index (χ4v) is 1.78. The van der Waals surface area contributed by atoms with Gasteiger partial charge in [0.1, 0.15) is 18.0 Å². The minimum Gasteiger partial charge on any atom is -0.488 e. The average Bonchev–Trinajstić information content (AvgIpc) is 2.28. The number of carbonyl (C=O) groups is 1. The second kappa shape index (κ2) is 4.17. The third kappa shape index (κ3) is 1.67. The Labute approximate surface area is 96.3 Å². The molecule has 1 aliphatic rings. The van der Waals surface area contributed by atoms with Gasteiger partial charge in [-0.05, 0) is 6.07 Å². The number of fused-ring (bicyclic) bond motifs is 1. The van der Waals surface area contributed by atoms with Crippen LogP contribution in [0.15, 0.2) is 6.07 Å². The van der Waals surface area contributed by atoms with Crippen molar-refractivity contribution < 1.29 is 18.7 Å². The van der Waals surface area contributed by atoms with Crippen LogP contribution in [0.4, 0.5) is 10.1 Å². The Kier molecular flexibility index (Phi) is 2.87. The van der Waals surface area contributed by atoms with E-state index >= 15 is 0 Å². The van der Waals surface area contributed by atoms with Crippen molar-refractivity contribution in [1.29, 1.82) is 0 Å². The minimum atomic E-state index is -0.783. The lowest BCUT2D eigenvalue weighted by Crippen LogP contribution is -2.21. The molecule has 0 amide bonds. The molecular formula is C10H9ClFNO3. The Morgan fingerprint density at radius 3 is 3.12 bits per heavy atom. The Balaban J connectivity index is 2.63. The van der Waals surface area contributed by atoms with E-state index in [1.807, 2.05) is 0 Å². The standard InChI is InChI=1S/C10H9ClFNO3/c1-15-10(14)7-6(12)4-5(11)8-9(7)16-3-2-13-8/h4,13H,2-3H2,1H3. The van der Waals surface area contributed by atoms with Crippen LogP contribution in [0.2, 0.25) is 5.02 Å². The number of carbonyl (C=O) groups excluding carboxylic acids is 1. The molecular weight excluding hydrogens is 237 g/mol. The number of anilines is 1. The summed E-state index contributed by atoms with van der Waals surface area (Å²) in [4.78, 5) is 11.4. The van der Waals surface area contributed by atoms with Gasteiger partial charge < -0.3 is 14.8 Å². The molecule has 16 heavy (non-hydrogen) atoms. The lowest BCUT2D eigenvalue weighted by atomic mass is 10.1. The zero-order chi connectivity index (χ0) is 11.7. The molecule has 4 nitrogen and oxygen atoms in total. The molecule has 0 radical (unpaired) electrons. The van der Waals surface area contributed by atoms with Crippen molar-refractivity contribution in [3.05, 3.63) is 22.5 Å². The molecule has 0 spiro atoms. The first kappa shape index (κ1) is 11.0. The van der Waals surface area contributed by atoms with Crippen LogP contribution in [0.5, 0.6) is 5.75 Å². The first-order valence-electron chi connectivity index (χ1n) is 4.62. The molecule has 0 fully saturated rings. The first-order valence-corrected chi connectivity index (χ1v) is 5.00. The molecule has 0 aliphatic carbocycles. The van der Waals surface area contributed by atoms with Crippen molar-refractivity contribution in [1.82, 2.24) is 0 Å². The van der Waals surface area contributed by atoms with Gasteiger partial charge in [-0.3, -0.25) is 0 Å². The summed E-state index contributed by atoms with van der Waals surface area (Å²) in [6, 6.07) is 1.06. The highest BCUT2D eigenvalue weighted by Crippen LogP contribution is 2.39. The fraction of sp³-hybridized carbons (Fsp3) is 0.300. The minimum absolute atomic E-state index is 0.114. The number of benzene rings is 1. The van der Waals surface area contributed by atoms with Gasteiger partial charge in [0.05, 0.1) is 17.8 Å². The Bertz CT molecular complexity index is 450. The molecule has 1 heterocycles. The van der Waals surface area contributed by atoms with E-state index in [0.29, 0.717) is 18.8 Å². The lowest BCUT2D eigenvalue weighted by Gasteiger charge is -2.22. The van der Waals surface area contributed by atoms with Gasteiger partial charge in [-0.1, -0.05) is 11.6 Å². The fourth-order valence-electron chi connectivity index (χ4n) is 1.53. The molecule has 1 aromatic rings. The van der Waals surface area contributed by atoms with Crippen LogP contribution in [0.1, 0.15) is 10.4 Å². The quantitative estimate of drug-likeness (QED) is 0.770. The van der Waals surface area contributed by atoms with Crippen LogP contribution in [-0.2, 0) is 4.74 Å². The monoisotopic (exact) mass is 245 g/mol. The van der Waals surface area contributed by atoms with E-state index in [0.717, 1.165) is 6.07 Å². The first-order chi connectivity index (χ1) is 7.65. The molecule has 0 aromatic heterocycles. The van der Waals surface area contributed by atoms with Crippen LogP contribution < -0.4 is 10.1 Å². The summed E-state index contributed by atoms with van der Waals surface area (Å²) in [5.41, 5.74) is 0.198. The second-order valence-corrected chi connectivity index (χ2v) is 3.59. The summed E-state index contributed by atoms with van der Waals surface area (Å²) >= 11 is 5.83. The molecule has 0 unspecified atom stereocenters. The number of ether oxygens (including phenoxy) is 2. The van der Waals surface area contributed by atoms with E-state index < -0.39 is 11.8 Å². The zero-order valence-corrected chi connectivity index (χ0v) is 9.23. The number of hydrogen-bond acceptors (Lipinski definition) is 4. The van der Waals surface area contributed by atoms with Gasteiger partial charge in [0.2, 0.25) is 0 Å². The van der Waals surface area contributed by atoms with Gasteiger partial charge in [-0.15, -0.1) is 0 Å². The molecule has 0 saturated carbocycles. The van der Waals surface area contributed by atoms with Crippen molar-refractivity contribution >= 4 is 23.3 Å². The summed E-state index contributed by atoms with van der Waals surface area (Å²) in [7, 11) is 1.18. The van der Waals surface area contributed by atoms with Gasteiger partial charge in [0, 0.05) is 6.54 Å². The van der Waals surface area contributed by atoms with Gasteiger partial charge in [-0.25, -0.2) is 9.18 Å². The lowest BCUT2D eigenvalue weighted by molar-refractivity contribution is 0.0590. The maximum atomic E-state index is 13.6. The van der Waals surface area contributed by atoms with Crippen molar-refractivity contribution in [2.24, 2.45) is 0 Å². The predicted octanol–water partition coefficient (Wildman–Crippen LogP) is 2.07. The van der Waals surface area contributed by atoms with E-state index in [1.54, 1.807) is 0 Å².